The van der Waals surface area contributed by atoms with Crippen LogP contribution in [0.3, 0.4) is 0 Å². The number of nitrogens with zero attached hydrogens (tertiary/aromatic N) is 1. The summed E-state index contributed by atoms with van der Waals surface area (Å²) in [5, 5.41) is 0. The smallest absolute Gasteiger partial charge is 0.0590 e. The summed E-state index contributed by atoms with van der Waals surface area (Å²) in [7, 11) is 2.26. The molecule has 1 aliphatic carbocycles. The van der Waals surface area contributed by atoms with E-state index in [1.807, 2.05) is 0 Å². The third-order valence-electron chi connectivity index (χ3n) is 4.96. The maximum atomic E-state index is 6.09. The largest absolute Gasteiger partial charge is 0.378 e. The molecule has 2 N–H and O–H groups in total. The minimum absolute atomic E-state index is 0.196. The molecule has 4 atom stereocenters. The van der Waals surface area contributed by atoms with Crippen LogP contribution in [0, 0.1) is 11.8 Å². The third-order valence-corrected chi connectivity index (χ3v) is 4.96. The van der Waals surface area contributed by atoms with Crippen molar-refractivity contribution in [1.29, 1.82) is 0 Å². The maximum Gasteiger partial charge on any atom is 0.0590 e. The van der Waals surface area contributed by atoms with E-state index in [0.717, 1.165) is 44.2 Å². The highest BCUT2D eigenvalue weighted by Gasteiger charge is 2.42. The van der Waals surface area contributed by atoms with Crippen LogP contribution in [-0.2, 0) is 4.74 Å². The van der Waals surface area contributed by atoms with Gasteiger partial charge in [0, 0.05) is 25.2 Å². The van der Waals surface area contributed by atoms with Crippen molar-refractivity contribution in [3.05, 3.63) is 0 Å². The molecule has 0 aromatic carbocycles. The summed E-state index contributed by atoms with van der Waals surface area (Å²) in [6, 6.07) is 0. The van der Waals surface area contributed by atoms with Crippen molar-refractivity contribution in [3.8, 4) is 0 Å². The van der Waals surface area contributed by atoms with Crippen LogP contribution in [0.15, 0.2) is 0 Å². The fraction of sp³-hybridized carbons (Fsp3) is 1.00. The molecule has 2 rings (SSSR count). The lowest BCUT2D eigenvalue weighted by Gasteiger charge is -2.46. The monoisotopic (exact) mass is 240 g/mol. The van der Waals surface area contributed by atoms with E-state index in [-0.39, 0.29) is 5.54 Å². The van der Waals surface area contributed by atoms with Gasteiger partial charge in [-0.1, -0.05) is 13.8 Å². The summed E-state index contributed by atoms with van der Waals surface area (Å²) in [5.74, 6) is 1.83. The second-order valence-electron chi connectivity index (χ2n) is 6.14. The molecule has 2 aliphatic rings. The molecular formula is C14H28N2O. The quantitative estimate of drug-likeness (QED) is 0.797. The lowest BCUT2D eigenvalue weighted by molar-refractivity contribution is -0.0660. The number of rotatable bonds is 5. The molecule has 1 saturated carbocycles. The molecule has 3 heteroatoms. The van der Waals surface area contributed by atoms with Crippen LogP contribution < -0.4 is 5.73 Å². The van der Waals surface area contributed by atoms with Crippen LogP contribution in [0.4, 0.5) is 0 Å². The van der Waals surface area contributed by atoms with Crippen LogP contribution in [0.1, 0.15) is 39.5 Å². The lowest BCUT2D eigenvalue weighted by atomic mass is 9.84. The summed E-state index contributed by atoms with van der Waals surface area (Å²) in [4.78, 5) is 2.53. The van der Waals surface area contributed by atoms with Gasteiger partial charge in [0.15, 0.2) is 0 Å². The first-order valence-corrected chi connectivity index (χ1v) is 7.14. The zero-order chi connectivity index (χ0) is 12.5. The summed E-state index contributed by atoms with van der Waals surface area (Å²) in [6.45, 7) is 7.42. The highest BCUT2D eigenvalue weighted by atomic mass is 16.5. The van der Waals surface area contributed by atoms with Gasteiger partial charge in [-0.25, -0.2) is 0 Å². The number of hydrogen-bond donors (Lipinski definition) is 1. The van der Waals surface area contributed by atoms with Crippen LogP contribution in [-0.4, -0.2) is 43.3 Å². The number of hydrogen-bond acceptors (Lipinski definition) is 3. The standard InChI is InChI=1S/C14H28N2O/c1-4-13-8-14(10-15,5-6-17-13)16(3)9-12-7-11(12)2/h11-13H,4-10,15H2,1-3H3. The van der Waals surface area contributed by atoms with Crippen molar-refractivity contribution in [2.75, 3.05) is 26.7 Å². The molecule has 0 bridgehead atoms. The molecule has 0 spiro atoms. The molecule has 17 heavy (non-hydrogen) atoms. The van der Waals surface area contributed by atoms with Crippen molar-refractivity contribution in [1.82, 2.24) is 4.90 Å². The van der Waals surface area contributed by atoms with E-state index in [9.17, 15) is 0 Å². The topological polar surface area (TPSA) is 38.5 Å². The molecule has 4 unspecified atom stereocenters. The van der Waals surface area contributed by atoms with Gasteiger partial charge in [0.05, 0.1) is 6.10 Å². The molecule has 0 aromatic rings. The third kappa shape index (κ3) is 2.83. The average Bonchev–Trinajstić information content (AvgIpc) is 3.04. The number of ether oxygens (including phenoxy) is 1. The summed E-state index contributed by atoms with van der Waals surface area (Å²) >= 11 is 0. The SMILES string of the molecule is CCC1CC(CN)(N(C)CC2CC2C)CCO1. The molecule has 1 saturated heterocycles. The van der Waals surface area contributed by atoms with E-state index in [1.54, 1.807) is 0 Å². The van der Waals surface area contributed by atoms with Gasteiger partial charge >= 0.3 is 0 Å². The summed E-state index contributed by atoms with van der Waals surface area (Å²) in [5.41, 5.74) is 6.29. The zero-order valence-corrected chi connectivity index (χ0v) is 11.6. The van der Waals surface area contributed by atoms with Gasteiger partial charge in [-0.15, -0.1) is 0 Å². The van der Waals surface area contributed by atoms with Gasteiger partial charge < -0.3 is 10.5 Å². The second-order valence-corrected chi connectivity index (χ2v) is 6.14. The Kier molecular flexibility index (Phi) is 4.11. The Morgan fingerprint density at radius 1 is 1.47 bits per heavy atom. The van der Waals surface area contributed by atoms with Crippen LogP contribution in [0.25, 0.3) is 0 Å². The molecule has 0 aromatic heterocycles. The highest BCUT2D eigenvalue weighted by Crippen LogP contribution is 2.40. The highest BCUT2D eigenvalue weighted by molar-refractivity contribution is 4.97. The Hall–Kier alpha value is -0.120. The minimum atomic E-state index is 0.196. The minimum Gasteiger partial charge on any atom is -0.378 e. The van der Waals surface area contributed by atoms with Crippen LogP contribution >= 0.6 is 0 Å². The molecule has 3 nitrogen and oxygen atoms in total. The van der Waals surface area contributed by atoms with E-state index >= 15 is 0 Å². The van der Waals surface area contributed by atoms with E-state index in [1.165, 1.54) is 13.0 Å². The fourth-order valence-corrected chi connectivity index (χ4v) is 3.15. The van der Waals surface area contributed by atoms with Crippen molar-refractivity contribution in [3.63, 3.8) is 0 Å². The van der Waals surface area contributed by atoms with Crippen molar-refractivity contribution in [2.45, 2.75) is 51.2 Å². The van der Waals surface area contributed by atoms with Gasteiger partial charge in [-0.05, 0) is 44.6 Å². The Morgan fingerprint density at radius 3 is 2.71 bits per heavy atom. The van der Waals surface area contributed by atoms with E-state index in [0.29, 0.717) is 6.10 Å². The molecule has 1 heterocycles. The molecule has 2 fully saturated rings. The van der Waals surface area contributed by atoms with Crippen molar-refractivity contribution >= 4 is 0 Å². The Bertz CT molecular complexity index is 259. The molecular weight excluding hydrogens is 212 g/mol. The van der Waals surface area contributed by atoms with Crippen LogP contribution in [0.5, 0.6) is 0 Å². The van der Waals surface area contributed by atoms with E-state index < -0.39 is 0 Å². The molecule has 0 amide bonds. The second kappa shape index (κ2) is 5.25. The Balaban J connectivity index is 1.96. The lowest BCUT2D eigenvalue weighted by Crippen LogP contribution is -2.57. The molecule has 100 valence electrons. The molecule has 0 radical (unpaired) electrons. The van der Waals surface area contributed by atoms with Crippen molar-refractivity contribution in [2.24, 2.45) is 17.6 Å². The zero-order valence-electron chi connectivity index (χ0n) is 11.6. The maximum absolute atomic E-state index is 6.09. The van der Waals surface area contributed by atoms with Gasteiger partial charge in [-0.2, -0.15) is 0 Å². The number of likely N-dealkylation sites (N-methyl/N-ethyl adjacent to an activating group) is 1. The van der Waals surface area contributed by atoms with E-state index in [4.69, 9.17) is 10.5 Å². The molecule has 1 aliphatic heterocycles. The normalized spacial score (nSPS) is 41.8. The first kappa shape index (κ1) is 13.3. The fourth-order valence-electron chi connectivity index (χ4n) is 3.15. The predicted molar refractivity (Wildman–Crippen MR) is 71.0 cm³/mol. The first-order valence-electron chi connectivity index (χ1n) is 7.14. The van der Waals surface area contributed by atoms with Crippen LogP contribution in [0.2, 0.25) is 0 Å². The Morgan fingerprint density at radius 2 is 2.18 bits per heavy atom. The number of nitrogens with two attached hydrogens (primary N) is 1. The van der Waals surface area contributed by atoms with Gasteiger partial charge in [0.25, 0.3) is 0 Å². The predicted octanol–water partition coefficient (Wildman–Crippen LogP) is 1.86. The van der Waals surface area contributed by atoms with Gasteiger partial charge in [-0.3, -0.25) is 4.90 Å². The Labute approximate surface area is 106 Å². The van der Waals surface area contributed by atoms with Crippen molar-refractivity contribution < 1.29 is 4.74 Å². The van der Waals surface area contributed by atoms with Gasteiger partial charge in [0.1, 0.15) is 0 Å². The summed E-state index contributed by atoms with van der Waals surface area (Å²) in [6.07, 6.45) is 5.12. The first-order chi connectivity index (χ1) is 8.11. The summed E-state index contributed by atoms with van der Waals surface area (Å²) < 4.78 is 5.79. The van der Waals surface area contributed by atoms with E-state index in [2.05, 4.69) is 25.8 Å². The average molecular weight is 240 g/mol. The van der Waals surface area contributed by atoms with Gasteiger partial charge in [0.2, 0.25) is 0 Å².